The lowest BCUT2D eigenvalue weighted by Crippen LogP contribution is -2.43. The summed E-state index contributed by atoms with van der Waals surface area (Å²) in [5.74, 6) is -0.0179. The van der Waals surface area contributed by atoms with Gasteiger partial charge in [-0.05, 0) is 43.5 Å². The van der Waals surface area contributed by atoms with Gasteiger partial charge in [-0.3, -0.25) is 4.79 Å². The monoisotopic (exact) mass is 339 g/mol. The molecule has 108 valence electrons. The Kier molecular flexibility index (Phi) is 5.40. The molecule has 0 unspecified atom stereocenters. The van der Waals surface area contributed by atoms with Crippen LogP contribution in [0.2, 0.25) is 0 Å². The molecule has 0 radical (unpaired) electrons. The molecule has 1 heterocycles. The molecule has 1 saturated heterocycles. The average Bonchev–Trinajstić information content (AvgIpc) is 2.48. The van der Waals surface area contributed by atoms with E-state index in [9.17, 15) is 9.59 Å². The first-order valence-electron chi connectivity index (χ1n) is 6.73. The van der Waals surface area contributed by atoms with Gasteiger partial charge in [0.2, 0.25) is 5.91 Å². The fourth-order valence-corrected chi connectivity index (χ4v) is 2.38. The van der Waals surface area contributed by atoms with Crippen LogP contribution in [0.15, 0.2) is 28.7 Å². The molecule has 0 aliphatic carbocycles. The maximum atomic E-state index is 11.9. The van der Waals surface area contributed by atoms with Crippen molar-refractivity contribution in [2.75, 3.05) is 25.0 Å². The van der Waals surface area contributed by atoms with E-state index in [4.69, 9.17) is 0 Å². The third kappa shape index (κ3) is 4.52. The highest BCUT2D eigenvalue weighted by Gasteiger charge is 2.16. The number of piperidine rings is 1. The molecule has 1 aliphatic rings. The highest BCUT2D eigenvalue weighted by atomic mass is 79.9. The van der Waals surface area contributed by atoms with Crippen molar-refractivity contribution in [2.45, 2.75) is 19.3 Å². The second-order valence-electron chi connectivity index (χ2n) is 4.76. The van der Waals surface area contributed by atoms with Gasteiger partial charge < -0.3 is 15.5 Å². The Morgan fingerprint density at radius 3 is 2.40 bits per heavy atom. The molecule has 5 nitrogen and oxygen atoms in total. The van der Waals surface area contributed by atoms with Crippen molar-refractivity contribution in [3.05, 3.63) is 28.7 Å². The van der Waals surface area contributed by atoms with E-state index >= 15 is 0 Å². The van der Waals surface area contributed by atoms with Gasteiger partial charge in [0.1, 0.15) is 0 Å². The molecule has 0 bridgehead atoms. The van der Waals surface area contributed by atoms with Crippen molar-refractivity contribution < 1.29 is 9.59 Å². The van der Waals surface area contributed by atoms with Crippen LogP contribution in [-0.2, 0) is 4.79 Å². The van der Waals surface area contributed by atoms with Crippen molar-refractivity contribution in [1.82, 2.24) is 10.2 Å². The number of urea groups is 1. The van der Waals surface area contributed by atoms with E-state index in [0.717, 1.165) is 30.4 Å². The van der Waals surface area contributed by atoms with E-state index in [-0.39, 0.29) is 18.5 Å². The maximum absolute atomic E-state index is 11.9. The fourth-order valence-electron chi connectivity index (χ4n) is 2.12. The van der Waals surface area contributed by atoms with Crippen LogP contribution in [-0.4, -0.2) is 36.5 Å². The predicted molar refractivity (Wildman–Crippen MR) is 81.6 cm³/mol. The lowest BCUT2D eigenvalue weighted by atomic mass is 10.1. The van der Waals surface area contributed by atoms with Crippen LogP contribution in [0.3, 0.4) is 0 Å². The van der Waals surface area contributed by atoms with Crippen molar-refractivity contribution in [3.8, 4) is 0 Å². The van der Waals surface area contributed by atoms with Gasteiger partial charge in [0.25, 0.3) is 0 Å². The zero-order valence-corrected chi connectivity index (χ0v) is 12.8. The Labute approximate surface area is 126 Å². The first-order valence-corrected chi connectivity index (χ1v) is 7.52. The molecule has 6 heteroatoms. The summed E-state index contributed by atoms with van der Waals surface area (Å²) in [5, 5.41) is 5.28. The zero-order chi connectivity index (χ0) is 14.4. The van der Waals surface area contributed by atoms with Gasteiger partial charge >= 0.3 is 6.03 Å². The Bertz CT molecular complexity index is 470. The number of hydrogen-bond acceptors (Lipinski definition) is 2. The lowest BCUT2D eigenvalue weighted by molar-refractivity contribution is -0.130. The Balaban J connectivity index is 1.74. The quantitative estimate of drug-likeness (QED) is 0.888. The van der Waals surface area contributed by atoms with E-state index < -0.39 is 0 Å². The molecule has 20 heavy (non-hydrogen) atoms. The number of carbonyl (C=O) groups excluding carboxylic acids is 2. The number of hydrogen-bond donors (Lipinski definition) is 2. The van der Waals surface area contributed by atoms with Crippen molar-refractivity contribution in [2.24, 2.45) is 0 Å². The minimum absolute atomic E-state index is 0.0179. The number of nitrogens with one attached hydrogen (secondary N) is 2. The number of nitrogens with zero attached hydrogens (tertiary/aromatic N) is 1. The van der Waals surface area contributed by atoms with Crippen LogP contribution in [0.5, 0.6) is 0 Å². The van der Waals surface area contributed by atoms with Gasteiger partial charge in [-0.2, -0.15) is 0 Å². The number of benzene rings is 1. The SMILES string of the molecule is O=C(NCC(=O)N1CCCCC1)Nc1ccc(Br)cc1. The topological polar surface area (TPSA) is 61.4 Å². The van der Waals surface area contributed by atoms with Crippen LogP contribution in [0.4, 0.5) is 10.5 Å². The molecule has 0 aromatic heterocycles. The van der Waals surface area contributed by atoms with Gasteiger partial charge in [0.05, 0.1) is 6.54 Å². The van der Waals surface area contributed by atoms with Gasteiger partial charge in [0.15, 0.2) is 0 Å². The Hall–Kier alpha value is -1.56. The number of amides is 3. The third-order valence-electron chi connectivity index (χ3n) is 3.21. The summed E-state index contributed by atoms with van der Waals surface area (Å²) in [6.45, 7) is 1.64. The second-order valence-corrected chi connectivity index (χ2v) is 5.67. The van der Waals surface area contributed by atoms with Crippen LogP contribution in [0.25, 0.3) is 0 Å². The van der Waals surface area contributed by atoms with Crippen molar-refractivity contribution >= 4 is 33.6 Å². The normalized spacial score (nSPS) is 14.8. The minimum Gasteiger partial charge on any atom is -0.341 e. The number of rotatable bonds is 3. The van der Waals surface area contributed by atoms with Crippen molar-refractivity contribution in [1.29, 1.82) is 0 Å². The van der Waals surface area contributed by atoms with Crippen LogP contribution in [0, 0.1) is 0 Å². The molecule has 3 amide bonds. The highest BCUT2D eigenvalue weighted by Crippen LogP contribution is 2.13. The first-order chi connectivity index (χ1) is 9.65. The highest BCUT2D eigenvalue weighted by molar-refractivity contribution is 9.10. The molecule has 1 aromatic carbocycles. The molecule has 1 aliphatic heterocycles. The maximum Gasteiger partial charge on any atom is 0.319 e. The third-order valence-corrected chi connectivity index (χ3v) is 3.74. The number of carbonyl (C=O) groups is 2. The molecule has 2 rings (SSSR count). The van der Waals surface area contributed by atoms with Gasteiger partial charge in [-0.25, -0.2) is 4.79 Å². The van der Waals surface area contributed by atoms with E-state index in [1.807, 2.05) is 17.0 Å². The Morgan fingerprint density at radius 1 is 1.10 bits per heavy atom. The Morgan fingerprint density at radius 2 is 1.75 bits per heavy atom. The second kappa shape index (κ2) is 7.28. The molecule has 1 aromatic rings. The van der Waals surface area contributed by atoms with Crippen molar-refractivity contribution in [3.63, 3.8) is 0 Å². The van der Waals surface area contributed by atoms with Gasteiger partial charge in [-0.15, -0.1) is 0 Å². The van der Waals surface area contributed by atoms with E-state index in [0.29, 0.717) is 5.69 Å². The molecule has 1 fully saturated rings. The summed E-state index contributed by atoms with van der Waals surface area (Å²) in [6, 6.07) is 6.90. The standard InChI is InChI=1S/C14H18BrN3O2/c15-11-4-6-12(7-5-11)17-14(20)16-10-13(19)18-8-2-1-3-9-18/h4-7H,1-3,8-10H2,(H2,16,17,20). The zero-order valence-electron chi connectivity index (χ0n) is 11.2. The van der Waals surface area contributed by atoms with Gasteiger partial charge in [0, 0.05) is 23.2 Å². The largest absolute Gasteiger partial charge is 0.341 e. The summed E-state index contributed by atoms with van der Waals surface area (Å²) in [4.78, 5) is 25.4. The average molecular weight is 340 g/mol. The number of anilines is 1. The molecular weight excluding hydrogens is 322 g/mol. The predicted octanol–water partition coefficient (Wildman–Crippen LogP) is 2.58. The number of halogens is 1. The molecule has 0 atom stereocenters. The summed E-state index contributed by atoms with van der Waals surface area (Å²) in [7, 11) is 0. The smallest absolute Gasteiger partial charge is 0.319 e. The van der Waals surface area contributed by atoms with Crippen LogP contribution in [0.1, 0.15) is 19.3 Å². The summed E-state index contributed by atoms with van der Waals surface area (Å²) in [6.07, 6.45) is 3.29. The number of likely N-dealkylation sites (tertiary alicyclic amines) is 1. The molecular formula is C14H18BrN3O2. The van der Waals surface area contributed by atoms with Gasteiger partial charge in [-0.1, -0.05) is 15.9 Å². The van der Waals surface area contributed by atoms with E-state index in [1.165, 1.54) is 6.42 Å². The minimum atomic E-state index is -0.363. The summed E-state index contributed by atoms with van der Waals surface area (Å²) < 4.78 is 0.948. The summed E-state index contributed by atoms with van der Waals surface area (Å²) in [5.41, 5.74) is 0.691. The molecule has 2 N–H and O–H groups in total. The molecule has 0 spiro atoms. The lowest BCUT2D eigenvalue weighted by Gasteiger charge is -2.26. The fraction of sp³-hybridized carbons (Fsp3) is 0.429. The van der Waals surface area contributed by atoms with E-state index in [1.54, 1.807) is 12.1 Å². The van der Waals surface area contributed by atoms with Crippen LogP contribution < -0.4 is 10.6 Å². The first kappa shape index (κ1) is 14.8. The summed E-state index contributed by atoms with van der Waals surface area (Å²) >= 11 is 3.33. The van der Waals surface area contributed by atoms with Crippen LogP contribution >= 0.6 is 15.9 Å². The molecule has 0 saturated carbocycles. The van der Waals surface area contributed by atoms with E-state index in [2.05, 4.69) is 26.6 Å².